The molecule has 1 saturated heterocycles. The third-order valence-corrected chi connectivity index (χ3v) is 5.26. The van der Waals surface area contributed by atoms with Gasteiger partial charge in [-0.15, -0.1) is 0 Å². The summed E-state index contributed by atoms with van der Waals surface area (Å²) in [6.07, 6.45) is 0. The second-order valence-electron chi connectivity index (χ2n) is 7.06. The summed E-state index contributed by atoms with van der Waals surface area (Å²) < 4.78 is 21.5. The number of hydrogen-bond donors (Lipinski definition) is 1. The number of methoxy groups -OCH3 is 2. The van der Waals surface area contributed by atoms with Crippen LogP contribution in [0.25, 0.3) is 0 Å². The van der Waals surface area contributed by atoms with E-state index in [0.29, 0.717) is 48.1 Å². The molecule has 1 atom stereocenters. The number of rotatable bonds is 7. The lowest BCUT2D eigenvalue weighted by Crippen LogP contribution is -2.50. The summed E-state index contributed by atoms with van der Waals surface area (Å²) in [5, 5.41) is 2.92. The lowest BCUT2D eigenvalue weighted by atomic mass is 9.94. The number of morpholine rings is 1. The third-order valence-electron chi connectivity index (χ3n) is 5.26. The van der Waals surface area contributed by atoms with Gasteiger partial charge in [-0.25, -0.2) is 9.59 Å². The zero-order valence-corrected chi connectivity index (χ0v) is 17.9. The van der Waals surface area contributed by atoms with Gasteiger partial charge in [-0.2, -0.15) is 0 Å². The summed E-state index contributed by atoms with van der Waals surface area (Å²) in [5.41, 5.74) is 1.70. The van der Waals surface area contributed by atoms with Gasteiger partial charge in [-0.1, -0.05) is 0 Å². The van der Waals surface area contributed by atoms with E-state index in [9.17, 15) is 9.59 Å². The van der Waals surface area contributed by atoms with Gasteiger partial charge in [0.1, 0.15) is 11.5 Å². The molecule has 0 aliphatic carbocycles. The highest BCUT2D eigenvalue weighted by Crippen LogP contribution is 2.35. The van der Waals surface area contributed by atoms with Crippen molar-refractivity contribution in [1.82, 2.24) is 15.1 Å². The molecule has 0 saturated carbocycles. The van der Waals surface area contributed by atoms with Gasteiger partial charge in [0.2, 0.25) is 0 Å². The molecule has 1 N–H and O–H groups in total. The van der Waals surface area contributed by atoms with Crippen LogP contribution in [-0.4, -0.2) is 82.5 Å². The number of ether oxygens (including phenoxy) is 4. The molecule has 3 rings (SSSR count). The maximum absolute atomic E-state index is 13.0. The highest BCUT2D eigenvalue weighted by atomic mass is 16.5. The lowest BCUT2D eigenvalue weighted by molar-refractivity contribution is -0.139. The highest BCUT2D eigenvalue weighted by molar-refractivity contribution is 5.95. The van der Waals surface area contributed by atoms with Crippen LogP contribution in [0, 0.1) is 0 Å². The first-order valence-electron chi connectivity index (χ1n) is 9.95. The quantitative estimate of drug-likeness (QED) is 0.671. The minimum Gasteiger partial charge on any atom is -0.497 e. The molecule has 0 radical (unpaired) electrons. The fraction of sp³-hybridized carbons (Fsp3) is 0.524. The Balaban J connectivity index is 2.09. The van der Waals surface area contributed by atoms with Crippen LogP contribution in [0.3, 0.4) is 0 Å². The van der Waals surface area contributed by atoms with Crippen LogP contribution < -0.4 is 14.8 Å². The predicted molar refractivity (Wildman–Crippen MR) is 109 cm³/mol. The number of likely N-dealkylation sites (N-methyl/N-ethyl adjacent to an activating group) is 1. The lowest BCUT2D eigenvalue weighted by Gasteiger charge is -2.37. The summed E-state index contributed by atoms with van der Waals surface area (Å²) in [7, 11) is 4.77. The molecule has 2 aliphatic heterocycles. The Kier molecular flexibility index (Phi) is 7.17. The topological polar surface area (TPSA) is 89.6 Å². The van der Waals surface area contributed by atoms with Gasteiger partial charge in [0.15, 0.2) is 0 Å². The van der Waals surface area contributed by atoms with Gasteiger partial charge in [-0.3, -0.25) is 9.80 Å². The first-order chi connectivity index (χ1) is 14.5. The van der Waals surface area contributed by atoms with Gasteiger partial charge in [0, 0.05) is 38.4 Å². The summed E-state index contributed by atoms with van der Waals surface area (Å²) in [4.78, 5) is 29.5. The fourth-order valence-corrected chi connectivity index (χ4v) is 3.62. The molecule has 2 amide bonds. The first kappa shape index (κ1) is 21.9. The highest BCUT2D eigenvalue weighted by Gasteiger charge is 2.37. The molecule has 9 heteroatoms. The van der Waals surface area contributed by atoms with Crippen molar-refractivity contribution >= 4 is 12.0 Å². The Labute approximate surface area is 176 Å². The van der Waals surface area contributed by atoms with E-state index in [-0.39, 0.29) is 12.6 Å². The molecule has 0 unspecified atom stereocenters. The molecule has 0 aromatic heterocycles. The van der Waals surface area contributed by atoms with E-state index in [1.165, 1.54) is 4.90 Å². The predicted octanol–water partition coefficient (Wildman–Crippen LogP) is 1.55. The molecule has 0 bridgehead atoms. The molecule has 2 heterocycles. The summed E-state index contributed by atoms with van der Waals surface area (Å²) in [6.45, 7) is 5.13. The third kappa shape index (κ3) is 4.68. The Morgan fingerprint density at radius 3 is 2.37 bits per heavy atom. The van der Waals surface area contributed by atoms with Crippen molar-refractivity contribution in [2.45, 2.75) is 13.0 Å². The van der Waals surface area contributed by atoms with Crippen LogP contribution in [0.4, 0.5) is 4.79 Å². The number of esters is 1. The molecular weight excluding hydrogens is 390 g/mol. The van der Waals surface area contributed by atoms with E-state index < -0.39 is 12.0 Å². The largest absolute Gasteiger partial charge is 0.497 e. The zero-order chi connectivity index (χ0) is 21.7. The van der Waals surface area contributed by atoms with Crippen molar-refractivity contribution in [2.75, 3.05) is 60.7 Å². The van der Waals surface area contributed by atoms with E-state index >= 15 is 0 Å². The molecule has 0 spiro atoms. The first-order valence-corrected chi connectivity index (χ1v) is 9.95. The van der Waals surface area contributed by atoms with Crippen LogP contribution in [0.5, 0.6) is 11.5 Å². The van der Waals surface area contributed by atoms with Crippen molar-refractivity contribution in [3.8, 4) is 11.5 Å². The molecule has 1 fully saturated rings. The minimum absolute atomic E-state index is 0.235. The number of nitrogens with one attached hydrogen (secondary N) is 1. The summed E-state index contributed by atoms with van der Waals surface area (Å²) >= 11 is 0. The molecule has 2 aliphatic rings. The molecule has 30 heavy (non-hydrogen) atoms. The summed E-state index contributed by atoms with van der Waals surface area (Å²) in [5.74, 6) is 0.672. The molecule has 1 aromatic carbocycles. The van der Waals surface area contributed by atoms with Gasteiger partial charge >= 0.3 is 12.0 Å². The number of benzene rings is 1. The molecule has 164 valence electrons. The van der Waals surface area contributed by atoms with Crippen LogP contribution in [0.15, 0.2) is 29.5 Å². The molecular formula is C21H29N3O6. The maximum Gasteiger partial charge on any atom is 0.338 e. The van der Waals surface area contributed by atoms with E-state index in [0.717, 1.165) is 13.1 Å². The normalized spacial score (nSPS) is 20.1. The van der Waals surface area contributed by atoms with Gasteiger partial charge in [0.05, 0.1) is 45.7 Å². The fourth-order valence-electron chi connectivity index (χ4n) is 3.62. The summed E-state index contributed by atoms with van der Waals surface area (Å²) in [6, 6.07) is 4.32. The average Bonchev–Trinajstić information content (AvgIpc) is 2.77. The number of urea groups is 1. The van der Waals surface area contributed by atoms with Crippen molar-refractivity contribution in [3.05, 3.63) is 35.0 Å². The van der Waals surface area contributed by atoms with E-state index in [4.69, 9.17) is 18.9 Å². The second-order valence-corrected chi connectivity index (χ2v) is 7.06. The number of nitrogens with zero attached hydrogens (tertiary/aromatic N) is 2. The van der Waals surface area contributed by atoms with Crippen molar-refractivity contribution in [1.29, 1.82) is 0 Å². The Hall–Kier alpha value is -2.78. The Morgan fingerprint density at radius 1 is 1.17 bits per heavy atom. The van der Waals surface area contributed by atoms with E-state index in [1.807, 2.05) is 0 Å². The van der Waals surface area contributed by atoms with E-state index in [2.05, 4.69) is 10.2 Å². The smallest absolute Gasteiger partial charge is 0.338 e. The van der Waals surface area contributed by atoms with Crippen LogP contribution in [-0.2, 0) is 14.3 Å². The van der Waals surface area contributed by atoms with Crippen molar-refractivity contribution < 1.29 is 28.5 Å². The van der Waals surface area contributed by atoms with Gasteiger partial charge < -0.3 is 24.3 Å². The van der Waals surface area contributed by atoms with Crippen molar-refractivity contribution in [3.63, 3.8) is 0 Å². The van der Waals surface area contributed by atoms with Crippen LogP contribution >= 0.6 is 0 Å². The Morgan fingerprint density at radius 2 is 1.80 bits per heavy atom. The zero-order valence-electron chi connectivity index (χ0n) is 17.9. The SMILES string of the molecule is CCOC(=O)C1=C(CN2CCOCC2)N(C)C(=O)N[C@@H]1c1cc(OC)cc(OC)c1. The minimum atomic E-state index is -0.687. The second kappa shape index (κ2) is 9.82. The molecule has 1 aromatic rings. The maximum atomic E-state index is 13.0. The molecule has 9 nitrogen and oxygen atoms in total. The van der Waals surface area contributed by atoms with E-state index in [1.54, 1.807) is 46.4 Å². The standard InChI is InChI=1S/C21H29N3O6/c1-5-30-20(25)18-17(13-24-6-8-29-9-7-24)23(2)21(26)22-19(18)14-10-15(27-3)12-16(11-14)28-4/h10-12,19H,5-9,13H2,1-4H3,(H,22,26)/t19-/m1/s1. The number of hydrogen-bond acceptors (Lipinski definition) is 7. The van der Waals surface area contributed by atoms with Crippen LogP contribution in [0.1, 0.15) is 18.5 Å². The monoisotopic (exact) mass is 419 g/mol. The van der Waals surface area contributed by atoms with Crippen LogP contribution in [0.2, 0.25) is 0 Å². The number of carbonyl (C=O) groups excluding carboxylic acids is 2. The number of amides is 2. The van der Waals surface area contributed by atoms with Gasteiger partial charge in [-0.05, 0) is 24.6 Å². The van der Waals surface area contributed by atoms with Gasteiger partial charge in [0.25, 0.3) is 0 Å². The average molecular weight is 419 g/mol. The number of carbonyl (C=O) groups is 2. The Bertz CT molecular complexity index is 797. The van der Waals surface area contributed by atoms with Crippen molar-refractivity contribution in [2.24, 2.45) is 0 Å².